The number of aromatic nitrogens is 1. The maximum atomic E-state index is 15.9. The van der Waals surface area contributed by atoms with Crippen LogP contribution in [0.15, 0.2) is 54.7 Å². The van der Waals surface area contributed by atoms with Gasteiger partial charge in [-0.3, -0.25) is 0 Å². The molecule has 0 fully saturated rings. The van der Waals surface area contributed by atoms with Crippen molar-refractivity contribution in [1.29, 1.82) is 0 Å². The average Bonchev–Trinajstić information content (AvgIpc) is 3.17. The highest BCUT2D eigenvalue weighted by Crippen LogP contribution is 2.45. The van der Waals surface area contributed by atoms with Gasteiger partial charge >= 0.3 is 0 Å². The highest BCUT2D eigenvalue weighted by molar-refractivity contribution is 5.98. The van der Waals surface area contributed by atoms with Crippen molar-refractivity contribution in [2.75, 3.05) is 5.32 Å². The van der Waals surface area contributed by atoms with E-state index in [0.29, 0.717) is 16.8 Å². The third-order valence-corrected chi connectivity index (χ3v) is 6.99. The minimum atomic E-state index is -0.652. The molecule has 1 aromatic heterocycles. The summed E-state index contributed by atoms with van der Waals surface area (Å²) in [5, 5.41) is 15.5. The summed E-state index contributed by atoms with van der Waals surface area (Å²) in [6.07, 6.45) is 1.29. The number of nitrogens with one attached hydrogen (secondary N) is 2. The lowest BCUT2D eigenvalue weighted by Crippen LogP contribution is -2.50. The van der Waals surface area contributed by atoms with E-state index in [-0.39, 0.29) is 11.7 Å². The Kier molecular flexibility index (Phi) is 5.26. The zero-order valence-electron chi connectivity index (χ0n) is 20.2. The third-order valence-electron chi connectivity index (χ3n) is 6.99. The van der Waals surface area contributed by atoms with Gasteiger partial charge in [-0.05, 0) is 62.6 Å². The lowest BCUT2D eigenvalue weighted by molar-refractivity contribution is 0.0868. The van der Waals surface area contributed by atoms with Crippen molar-refractivity contribution in [2.24, 2.45) is 0 Å². The van der Waals surface area contributed by atoms with E-state index in [2.05, 4.69) is 22.1 Å². The van der Waals surface area contributed by atoms with Gasteiger partial charge in [-0.25, -0.2) is 4.39 Å². The second-order valence-corrected chi connectivity index (χ2v) is 9.97. The van der Waals surface area contributed by atoms with Gasteiger partial charge < -0.3 is 15.4 Å². The molecule has 34 heavy (non-hydrogen) atoms. The average molecular weight is 453 g/mol. The van der Waals surface area contributed by atoms with Gasteiger partial charge in [-0.1, -0.05) is 49.1 Å². The fraction of sp³-hybridized carbons (Fsp3) is 0.267. The standard InChI is InChI=1S/C30H29FN2O/c1-17-8-6-9-20(14-17)12-13-22-26-19(3)29(34)30(4,5)33-25(26)15-24(31)27(22)23-11-7-10-21-18(2)16-32-28(21)23/h6-11,14-16,19,29,32-34H,1-5H3. The van der Waals surface area contributed by atoms with Crippen molar-refractivity contribution in [1.82, 2.24) is 4.98 Å². The van der Waals surface area contributed by atoms with Gasteiger partial charge in [0, 0.05) is 45.4 Å². The van der Waals surface area contributed by atoms with Crippen molar-refractivity contribution in [3.05, 3.63) is 88.4 Å². The normalized spacial score (nSPS) is 18.7. The minimum Gasteiger partial charge on any atom is -0.390 e. The molecule has 1 aliphatic rings. The van der Waals surface area contributed by atoms with E-state index in [1.165, 1.54) is 0 Å². The van der Waals surface area contributed by atoms with Crippen molar-refractivity contribution in [3.63, 3.8) is 0 Å². The van der Waals surface area contributed by atoms with Crippen molar-refractivity contribution < 1.29 is 9.50 Å². The van der Waals surface area contributed by atoms with Crippen LogP contribution in [0.5, 0.6) is 0 Å². The molecule has 2 atom stereocenters. The third kappa shape index (κ3) is 3.57. The fourth-order valence-electron chi connectivity index (χ4n) is 5.20. The van der Waals surface area contributed by atoms with Crippen LogP contribution in [0, 0.1) is 31.5 Å². The Morgan fingerprint density at radius 3 is 2.56 bits per heavy atom. The molecule has 0 saturated carbocycles. The molecule has 2 heterocycles. The largest absolute Gasteiger partial charge is 0.390 e. The molecular weight excluding hydrogens is 423 g/mol. The van der Waals surface area contributed by atoms with E-state index in [1.807, 2.05) is 83.3 Å². The maximum absolute atomic E-state index is 15.9. The lowest BCUT2D eigenvalue weighted by atomic mass is 9.75. The summed E-state index contributed by atoms with van der Waals surface area (Å²) in [6, 6.07) is 15.5. The summed E-state index contributed by atoms with van der Waals surface area (Å²) < 4.78 is 15.9. The predicted molar refractivity (Wildman–Crippen MR) is 138 cm³/mol. The number of H-pyrrole nitrogens is 1. The number of hydrogen-bond acceptors (Lipinski definition) is 2. The Morgan fingerprint density at radius 1 is 1.03 bits per heavy atom. The number of aliphatic hydroxyl groups excluding tert-OH is 1. The molecule has 3 aromatic carbocycles. The molecule has 0 bridgehead atoms. The van der Waals surface area contributed by atoms with Gasteiger partial charge in [0.1, 0.15) is 5.82 Å². The number of aromatic amines is 1. The van der Waals surface area contributed by atoms with Crippen molar-refractivity contribution in [3.8, 4) is 23.0 Å². The highest BCUT2D eigenvalue weighted by atomic mass is 19.1. The van der Waals surface area contributed by atoms with Gasteiger partial charge in [0.2, 0.25) is 0 Å². The molecule has 5 rings (SSSR count). The van der Waals surface area contributed by atoms with Gasteiger partial charge in [-0.2, -0.15) is 0 Å². The van der Waals surface area contributed by atoms with Crippen LogP contribution in [0.2, 0.25) is 0 Å². The quantitative estimate of drug-likeness (QED) is 0.283. The number of rotatable bonds is 1. The summed E-state index contributed by atoms with van der Waals surface area (Å²) in [6.45, 7) is 9.92. The molecule has 0 radical (unpaired) electrons. The topological polar surface area (TPSA) is 48.0 Å². The molecule has 4 heteroatoms. The number of para-hydroxylation sites is 1. The first-order valence-electron chi connectivity index (χ1n) is 11.7. The molecule has 0 aliphatic carbocycles. The lowest BCUT2D eigenvalue weighted by Gasteiger charge is -2.43. The van der Waals surface area contributed by atoms with E-state index in [0.717, 1.165) is 38.7 Å². The molecule has 1 aliphatic heterocycles. The van der Waals surface area contributed by atoms with Gasteiger partial charge in [0.05, 0.1) is 17.2 Å². The number of fused-ring (bicyclic) bond motifs is 2. The Bertz CT molecular complexity index is 1490. The molecule has 0 amide bonds. The molecule has 0 saturated heterocycles. The summed E-state index contributed by atoms with van der Waals surface area (Å²) in [5.74, 6) is 6.02. The number of halogens is 1. The Balaban J connectivity index is 1.84. The molecule has 2 unspecified atom stereocenters. The van der Waals surface area contributed by atoms with Crippen LogP contribution in [0.4, 0.5) is 10.1 Å². The van der Waals surface area contributed by atoms with Gasteiger partial charge in [0.15, 0.2) is 0 Å². The first-order valence-corrected chi connectivity index (χ1v) is 11.7. The Hall–Kier alpha value is -3.55. The van der Waals surface area contributed by atoms with Crippen LogP contribution in [-0.2, 0) is 0 Å². The van der Waals surface area contributed by atoms with E-state index in [1.54, 1.807) is 6.07 Å². The molecule has 172 valence electrons. The molecule has 0 spiro atoms. The molecule has 3 nitrogen and oxygen atoms in total. The van der Waals surface area contributed by atoms with Crippen LogP contribution >= 0.6 is 0 Å². The number of benzene rings is 3. The zero-order valence-corrected chi connectivity index (χ0v) is 20.2. The predicted octanol–water partition coefficient (Wildman–Crippen LogP) is 6.66. The number of hydrogen-bond donors (Lipinski definition) is 3. The zero-order chi connectivity index (χ0) is 24.2. The van der Waals surface area contributed by atoms with Crippen LogP contribution < -0.4 is 5.32 Å². The summed E-state index contributed by atoms with van der Waals surface area (Å²) in [4.78, 5) is 3.32. The Labute approximate surface area is 200 Å². The number of aliphatic hydroxyl groups is 1. The molecule has 3 N–H and O–H groups in total. The van der Waals surface area contributed by atoms with E-state index in [4.69, 9.17) is 0 Å². The summed E-state index contributed by atoms with van der Waals surface area (Å²) in [5.41, 5.74) is 6.78. The summed E-state index contributed by atoms with van der Waals surface area (Å²) >= 11 is 0. The van der Waals surface area contributed by atoms with E-state index < -0.39 is 11.6 Å². The number of anilines is 1. The van der Waals surface area contributed by atoms with Gasteiger partial charge in [0.25, 0.3) is 0 Å². The maximum Gasteiger partial charge on any atom is 0.134 e. The van der Waals surface area contributed by atoms with E-state index in [9.17, 15) is 5.11 Å². The van der Waals surface area contributed by atoms with Crippen LogP contribution in [-0.4, -0.2) is 21.7 Å². The monoisotopic (exact) mass is 452 g/mol. The smallest absolute Gasteiger partial charge is 0.134 e. The van der Waals surface area contributed by atoms with E-state index >= 15 is 4.39 Å². The van der Waals surface area contributed by atoms with Crippen LogP contribution in [0.1, 0.15) is 54.5 Å². The van der Waals surface area contributed by atoms with Crippen molar-refractivity contribution in [2.45, 2.75) is 52.2 Å². The SMILES string of the molecule is Cc1cccc(C#Cc2c(-c3cccc4c(C)c[nH]c34)c(F)cc3c2C(C)C(O)C(C)(C)N3)c1. The Morgan fingerprint density at radius 2 is 1.79 bits per heavy atom. The van der Waals surface area contributed by atoms with Gasteiger partial charge in [-0.15, -0.1) is 0 Å². The minimum absolute atomic E-state index is 0.225. The second-order valence-electron chi connectivity index (χ2n) is 9.97. The van der Waals surface area contributed by atoms with Crippen LogP contribution in [0.25, 0.3) is 22.0 Å². The highest BCUT2D eigenvalue weighted by Gasteiger charge is 2.40. The number of aryl methyl sites for hydroxylation is 2. The second kappa shape index (κ2) is 8.04. The van der Waals surface area contributed by atoms with Crippen LogP contribution in [0.3, 0.4) is 0 Å². The fourth-order valence-corrected chi connectivity index (χ4v) is 5.20. The first kappa shape index (κ1) is 22.3. The molecular formula is C30H29FN2O. The first-order chi connectivity index (χ1) is 16.2. The molecule has 4 aromatic rings. The summed E-state index contributed by atoms with van der Waals surface area (Å²) in [7, 11) is 0. The van der Waals surface area contributed by atoms with Crippen molar-refractivity contribution >= 4 is 16.6 Å².